The van der Waals surface area contributed by atoms with Gasteiger partial charge in [-0.05, 0) is 73.7 Å². The Hall–Kier alpha value is -4.57. The van der Waals surface area contributed by atoms with E-state index in [1.807, 2.05) is 43.3 Å². The number of hydrogen-bond acceptors (Lipinski definition) is 7. The van der Waals surface area contributed by atoms with Gasteiger partial charge in [0.25, 0.3) is 0 Å². The first kappa shape index (κ1) is 25.5. The largest absolute Gasteiger partial charge is 0.497 e. The number of nitrogens with zero attached hydrogens (tertiary/aromatic N) is 3. The lowest BCUT2D eigenvalue weighted by atomic mass is 10.2. The van der Waals surface area contributed by atoms with Crippen LogP contribution >= 0.6 is 0 Å². The summed E-state index contributed by atoms with van der Waals surface area (Å²) in [6.45, 7) is 3.29. The van der Waals surface area contributed by atoms with Crippen molar-refractivity contribution < 1.29 is 23.7 Å². The zero-order valence-corrected chi connectivity index (χ0v) is 20.9. The van der Waals surface area contributed by atoms with Crippen molar-refractivity contribution in [2.45, 2.75) is 6.92 Å². The van der Waals surface area contributed by atoms with E-state index in [1.54, 1.807) is 55.3 Å². The minimum atomic E-state index is -0.378. The molecule has 2 N–H and O–H groups in total. The fourth-order valence-corrected chi connectivity index (χ4v) is 3.48. The number of hydrogen-bond donors (Lipinski definition) is 2. The van der Waals surface area contributed by atoms with Gasteiger partial charge < -0.3 is 29.6 Å². The second-order valence-corrected chi connectivity index (χ2v) is 7.76. The predicted molar refractivity (Wildman–Crippen MR) is 141 cm³/mol. The van der Waals surface area contributed by atoms with Crippen molar-refractivity contribution >= 4 is 17.4 Å². The molecule has 0 atom stereocenters. The summed E-state index contributed by atoms with van der Waals surface area (Å²) in [6, 6.07) is 21.7. The summed E-state index contributed by atoms with van der Waals surface area (Å²) < 4.78 is 23.1. The first-order valence-corrected chi connectivity index (χ1v) is 11.7. The van der Waals surface area contributed by atoms with Crippen molar-refractivity contribution in [3.8, 4) is 34.6 Å². The first-order chi connectivity index (χ1) is 18.1. The number of rotatable bonds is 11. The maximum absolute atomic E-state index is 12.6. The number of methoxy groups -OCH3 is 2. The highest BCUT2D eigenvalue weighted by Crippen LogP contribution is 2.27. The van der Waals surface area contributed by atoms with Crippen LogP contribution in [0, 0.1) is 0 Å². The average molecular weight is 504 g/mol. The van der Waals surface area contributed by atoms with Gasteiger partial charge in [0.1, 0.15) is 18.1 Å². The van der Waals surface area contributed by atoms with Crippen LogP contribution in [0.15, 0.2) is 72.8 Å². The van der Waals surface area contributed by atoms with Gasteiger partial charge in [0.15, 0.2) is 5.82 Å². The van der Waals surface area contributed by atoms with E-state index in [0.717, 1.165) is 11.3 Å². The van der Waals surface area contributed by atoms with Crippen LogP contribution in [-0.4, -0.2) is 54.8 Å². The van der Waals surface area contributed by atoms with Gasteiger partial charge in [-0.3, -0.25) is 0 Å². The number of urea groups is 1. The first-order valence-electron chi connectivity index (χ1n) is 11.7. The number of carbonyl (C=O) groups excluding carboxylic acids is 1. The van der Waals surface area contributed by atoms with Crippen LogP contribution < -0.4 is 24.8 Å². The van der Waals surface area contributed by atoms with Gasteiger partial charge >= 0.3 is 12.0 Å². The van der Waals surface area contributed by atoms with Crippen molar-refractivity contribution in [1.82, 2.24) is 14.8 Å². The monoisotopic (exact) mass is 503 g/mol. The lowest BCUT2D eigenvalue weighted by molar-refractivity contribution is 0.106. The molecule has 37 heavy (non-hydrogen) atoms. The van der Waals surface area contributed by atoms with Gasteiger partial charge in [-0.2, -0.15) is 4.98 Å². The van der Waals surface area contributed by atoms with Crippen molar-refractivity contribution in [2.75, 3.05) is 44.7 Å². The van der Waals surface area contributed by atoms with E-state index >= 15 is 0 Å². The smallest absolute Gasteiger partial charge is 0.336 e. The van der Waals surface area contributed by atoms with Crippen LogP contribution in [0.1, 0.15) is 6.92 Å². The SMILES string of the molecule is CCOCCOc1nc(-c2ccc(OC)cc2)n(-c2cccc(NC(=O)Nc3ccc(OC)cc3)c2)n1. The molecule has 0 aliphatic carbocycles. The highest BCUT2D eigenvalue weighted by molar-refractivity contribution is 5.99. The molecule has 3 aromatic carbocycles. The number of benzene rings is 3. The summed E-state index contributed by atoms with van der Waals surface area (Å²) >= 11 is 0. The van der Waals surface area contributed by atoms with E-state index in [9.17, 15) is 4.79 Å². The minimum absolute atomic E-state index is 0.223. The van der Waals surface area contributed by atoms with E-state index in [2.05, 4.69) is 20.7 Å². The standard InChI is InChI=1S/C27H29N5O5/c1-4-36-16-17-37-27-30-25(19-8-12-23(34-2)13-9-19)32(31-27)22-7-5-6-21(18-22)29-26(33)28-20-10-14-24(35-3)15-11-20/h5-15,18H,4,16-17H2,1-3H3,(H2,28,29,33). The molecule has 0 bridgehead atoms. The van der Waals surface area contributed by atoms with Gasteiger partial charge in [0, 0.05) is 23.5 Å². The fourth-order valence-electron chi connectivity index (χ4n) is 3.48. The molecule has 192 valence electrons. The Morgan fingerprint density at radius 1 is 0.865 bits per heavy atom. The van der Waals surface area contributed by atoms with E-state index in [1.165, 1.54) is 0 Å². The predicted octanol–water partition coefficient (Wildman–Crippen LogP) is 5.01. The summed E-state index contributed by atoms with van der Waals surface area (Å²) in [4.78, 5) is 17.2. The van der Waals surface area contributed by atoms with Crippen molar-refractivity contribution in [1.29, 1.82) is 0 Å². The van der Waals surface area contributed by atoms with Gasteiger partial charge in [0.2, 0.25) is 0 Å². The minimum Gasteiger partial charge on any atom is -0.497 e. The van der Waals surface area contributed by atoms with Crippen LogP contribution in [0.25, 0.3) is 17.1 Å². The van der Waals surface area contributed by atoms with Crippen molar-refractivity contribution in [3.05, 3.63) is 72.8 Å². The summed E-state index contributed by atoms with van der Waals surface area (Å²) in [6.07, 6.45) is 0. The normalized spacial score (nSPS) is 10.6. The Labute approximate surface area is 215 Å². The molecule has 0 saturated carbocycles. The quantitative estimate of drug-likeness (QED) is 0.277. The molecule has 0 unspecified atom stereocenters. The maximum atomic E-state index is 12.6. The molecule has 10 nitrogen and oxygen atoms in total. The molecule has 1 heterocycles. The number of ether oxygens (including phenoxy) is 4. The average Bonchev–Trinajstić information content (AvgIpc) is 3.36. The molecule has 0 aliphatic heterocycles. The van der Waals surface area contributed by atoms with Gasteiger partial charge in [0.05, 0.1) is 26.5 Å². The zero-order valence-electron chi connectivity index (χ0n) is 20.9. The van der Waals surface area contributed by atoms with Crippen LogP contribution in [0.3, 0.4) is 0 Å². The van der Waals surface area contributed by atoms with E-state index in [-0.39, 0.29) is 12.0 Å². The van der Waals surface area contributed by atoms with Crippen LogP contribution in [0.4, 0.5) is 16.2 Å². The van der Waals surface area contributed by atoms with Crippen LogP contribution in [0.2, 0.25) is 0 Å². The summed E-state index contributed by atoms with van der Waals surface area (Å²) in [7, 11) is 3.21. The number of aromatic nitrogens is 3. The molecule has 0 aliphatic rings. The highest BCUT2D eigenvalue weighted by Gasteiger charge is 2.16. The number of nitrogens with one attached hydrogen (secondary N) is 2. The molecular weight excluding hydrogens is 474 g/mol. The van der Waals surface area contributed by atoms with Crippen molar-refractivity contribution in [3.63, 3.8) is 0 Å². The van der Waals surface area contributed by atoms with Crippen LogP contribution in [-0.2, 0) is 4.74 Å². The fraction of sp³-hybridized carbons (Fsp3) is 0.222. The Kier molecular flexibility index (Phi) is 8.56. The summed E-state index contributed by atoms with van der Waals surface area (Å²) in [5.74, 6) is 2.02. The molecule has 0 fully saturated rings. The van der Waals surface area contributed by atoms with E-state index in [4.69, 9.17) is 18.9 Å². The van der Waals surface area contributed by atoms with Gasteiger partial charge in [-0.15, -0.1) is 5.10 Å². The molecule has 4 aromatic rings. The van der Waals surface area contributed by atoms with Gasteiger partial charge in [-0.25, -0.2) is 9.48 Å². The van der Waals surface area contributed by atoms with E-state index < -0.39 is 0 Å². The molecular formula is C27H29N5O5. The summed E-state index contributed by atoms with van der Waals surface area (Å²) in [5, 5.41) is 10.2. The second kappa shape index (κ2) is 12.4. The Morgan fingerprint density at radius 2 is 1.54 bits per heavy atom. The van der Waals surface area contributed by atoms with Crippen molar-refractivity contribution in [2.24, 2.45) is 0 Å². The van der Waals surface area contributed by atoms with E-state index in [0.29, 0.717) is 48.5 Å². The molecule has 0 spiro atoms. The Balaban J connectivity index is 1.56. The summed E-state index contributed by atoms with van der Waals surface area (Å²) in [5.41, 5.74) is 2.74. The molecule has 10 heteroatoms. The van der Waals surface area contributed by atoms with Crippen LogP contribution in [0.5, 0.6) is 17.5 Å². The lowest BCUT2D eigenvalue weighted by Gasteiger charge is -2.11. The third-order valence-corrected chi connectivity index (χ3v) is 5.30. The lowest BCUT2D eigenvalue weighted by Crippen LogP contribution is -2.19. The third-order valence-electron chi connectivity index (χ3n) is 5.30. The number of amides is 2. The molecule has 0 radical (unpaired) electrons. The number of anilines is 2. The Morgan fingerprint density at radius 3 is 2.22 bits per heavy atom. The van der Waals surface area contributed by atoms with Gasteiger partial charge in [-0.1, -0.05) is 6.07 Å². The highest BCUT2D eigenvalue weighted by atomic mass is 16.5. The topological polar surface area (TPSA) is 109 Å². The molecule has 2 amide bonds. The molecule has 1 aromatic heterocycles. The second-order valence-electron chi connectivity index (χ2n) is 7.76. The number of carbonyl (C=O) groups is 1. The molecule has 4 rings (SSSR count). The Bertz CT molecular complexity index is 1310. The molecule has 0 saturated heterocycles. The third kappa shape index (κ3) is 6.77. The zero-order chi connectivity index (χ0) is 26.0. The maximum Gasteiger partial charge on any atom is 0.336 e.